The zero-order valence-electron chi connectivity index (χ0n) is 12.6. The van der Waals surface area contributed by atoms with Gasteiger partial charge in [-0.2, -0.15) is 0 Å². The Morgan fingerprint density at radius 1 is 1.20 bits per heavy atom. The van der Waals surface area contributed by atoms with Crippen molar-refractivity contribution in [2.24, 2.45) is 0 Å². The summed E-state index contributed by atoms with van der Waals surface area (Å²) in [6.45, 7) is 4.95. The Morgan fingerprint density at radius 3 is 2.45 bits per heavy atom. The van der Waals surface area contributed by atoms with Crippen LogP contribution in [0.4, 0.5) is 0 Å². The summed E-state index contributed by atoms with van der Waals surface area (Å²) >= 11 is 0. The largest absolute Gasteiger partial charge is 0.351 e. The number of amides is 1. The predicted molar refractivity (Wildman–Crippen MR) is 81.8 cm³/mol. The molecule has 4 heteroatoms. The molecule has 1 aliphatic rings. The van der Waals surface area contributed by atoms with Crippen molar-refractivity contribution < 1.29 is 4.79 Å². The van der Waals surface area contributed by atoms with Crippen LogP contribution in [0, 0.1) is 0 Å². The highest BCUT2D eigenvalue weighted by Crippen LogP contribution is 2.13. The van der Waals surface area contributed by atoms with Crippen molar-refractivity contribution in [3.63, 3.8) is 0 Å². The molecule has 20 heavy (non-hydrogen) atoms. The molecule has 1 heterocycles. The highest BCUT2D eigenvalue weighted by Gasteiger charge is 2.12. The van der Waals surface area contributed by atoms with E-state index in [1.807, 2.05) is 26.2 Å². The molecule has 0 saturated carbocycles. The molecular weight excluding hydrogens is 250 g/mol. The topological polar surface area (TPSA) is 35.6 Å². The predicted octanol–water partition coefficient (Wildman–Crippen LogP) is 1.57. The fourth-order valence-corrected chi connectivity index (χ4v) is 2.46. The number of hydrogen-bond acceptors (Lipinski definition) is 3. The van der Waals surface area contributed by atoms with E-state index in [2.05, 4.69) is 27.2 Å². The maximum atomic E-state index is 11.9. The summed E-state index contributed by atoms with van der Waals surface area (Å²) in [4.78, 5) is 16.5. The number of likely N-dealkylation sites (N-methyl/N-ethyl adjacent to an activating group) is 1. The van der Waals surface area contributed by atoms with E-state index in [9.17, 15) is 4.79 Å². The smallest absolute Gasteiger partial charge is 0.251 e. The van der Waals surface area contributed by atoms with Crippen molar-refractivity contribution in [2.45, 2.75) is 19.4 Å². The minimum atomic E-state index is 0.0135. The highest BCUT2D eigenvalue weighted by atomic mass is 16.1. The molecule has 1 N–H and O–H groups in total. The Bertz CT molecular complexity index is 422. The lowest BCUT2D eigenvalue weighted by molar-refractivity contribution is 0.0951. The number of carbonyl (C=O) groups is 1. The highest BCUT2D eigenvalue weighted by molar-refractivity contribution is 5.94. The van der Waals surface area contributed by atoms with Gasteiger partial charge in [-0.15, -0.1) is 0 Å². The van der Waals surface area contributed by atoms with Gasteiger partial charge in [0.05, 0.1) is 0 Å². The molecule has 0 aliphatic carbocycles. The normalized spacial score (nSPS) is 15.8. The van der Waals surface area contributed by atoms with Crippen LogP contribution >= 0.6 is 0 Å². The Labute approximate surface area is 121 Å². The lowest BCUT2D eigenvalue weighted by Gasteiger charge is -2.14. The second kappa shape index (κ2) is 7.41. The van der Waals surface area contributed by atoms with Gasteiger partial charge in [0.2, 0.25) is 0 Å². The van der Waals surface area contributed by atoms with Crippen LogP contribution in [0.25, 0.3) is 0 Å². The molecule has 0 bridgehead atoms. The molecule has 1 saturated heterocycles. The second-order valence-electron chi connectivity index (χ2n) is 5.74. The molecule has 1 amide bonds. The monoisotopic (exact) mass is 275 g/mol. The molecule has 110 valence electrons. The third kappa shape index (κ3) is 4.62. The first-order valence-corrected chi connectivity index (χ1v) is 7.39. The third-order valence-corrected chi connectivity index (χ3v) is 3.67. The summed E-state index contributed by atoms with van der Waals surface area (Å²) in [5, 5.41) is 2.93. The number of nitrogens with zero attached hydrogens (tertiary/aromatic N) is 2. The van der Waals surface area contributed by atoms with E-state index in [1.165, 1.54) is 31.5 Å². The van der Waals surface area contributed by atoms with E-state index in [0.717, 1.165) is 18.7 Å². The molecule has 0 atom stereocenters. The zero-order valence-corrected chi connectivity index (χ0v) is 12.6. The Kier molecular flexibility index (Phi) is 5.56. The van der Waals surface area contributed by atoms with Crippen molar-refractivity contribution in [3.05, 3.63) is 35.4 Å². The Morgan fingerprint density at radius 2 is 1.85 bits per heavy atom. The van der Waals surface area contributed by atoms with Crippen LogP contribution < -0.4 is 5.32 Å². The Balaban J connectivity index is 1.82. The van der Waals surface area contributed by atoms with Gasteiger partial charge >= 0.3 is 0 Å². The van der Waals surface area contributed by atoms with Crippen LogP contribution in [0.3, 0.4) is 0 Å². The van der Waals surface area contributed by atoms with Gasteiger partial charge in [-0.25, -0.2) is 0 Å². The summed E-state index contributed by atoms with van der Waals surface area (Å²) < 4.78 is 0. The fourth-order valence-electron chi connectivity index (χ4n) is 2.46. The van der Waals surface area contributed by atoms with Gasteiger partial charge in [0.15, 0.2) is 0 Å². The molecule has 0 aromatic heterocycles. The number of carbonyl (C=O) groups excluding carboxylic acids is 1. The van der Waals surface area contributed by atoms with Crippen molar-refractivity contribution in [1.29, 1.82) is 0 Å². The van der Waals surface area contributed by atoms with E-state index < -0.39 is 0 Å². The number of likely N-dealkylation sites (tertiary alicyclic amines) is 1. The van der Waals surface area contributed by atoms with Gasteiger partial charge in [0, 0.05) is 25.2 Å². The molecule has 0 unspecified atom stereocenters. The van der Waals surface area contributed by atoms with Gasteiger partial charge in [0.1, 0.15) is 0 Å². The van der Waals surface area contributed by atoms with E-state index >= 15 is 0 Å². The first-order chi connectivity index (χ1) is 9.65. The molecule has 1 fully saturated rings. The lowest BCUT2D eigenvalue weighted by Crippen LogP contribution is -2.31. The van der Waals surface area contributed by atoms with Crippen LogP contribution in [0.1, 0.15) is 28.8 Å². The summed E-state index contributed by atoms with van der Waals surface area (Å²) in [6.07, 6.45) is 2.62. The van der Waals surface area contributed by atoms with Gasteiger partial charge in [-0.05, 0) is 57.7 Å². The van der Waals surface area contributed by atoms with Crippen molar-refractivity contribution in [3.8, 4) is 0 Å². The molecule has 1 aromatic rings. The lowest BCUT2D eigenvalue weighted by atomic mass is 10.1. The minimum absolute atomic E-state index is 0.0135. The third-order valence-electron chi connectivity index (χ3n) is 3.67. The van der Waals surface area contributed by atoms with Crippen LogP contribution in [0.2, 0.25) is 0 Å². The maximum absolute atomic E-state index is 11.9. The van der Waals surface area contributed by atoms with Crippen molar-refractivity contribution in [2.75, 3.05) is 40.3 Å². The number of hydrogen-bond donors (Lipinski definition) is 1. The summed E-state index contributed by atoms with van der Waals surface area (Å²) in [7, 11) is 4.00. The van der Waals surface area contributed by atoms with Crippen molar-refractivity contribution >= 4 is 5.91 Å². The quantitative estimate of drug-likeness (QED) is 0.856. The second-order valence-corrected chi connectivity index (χ2v) is 5.74. The molecule has 0 spiro atoms. The van der Waals surface area contributed by atoms with Crippen molar-refractivity contribution in [1.82, 2.24) is 15.1 Å². The molecular formula is C16H25N3O. The average Bonchev–Trinajstić information content (AvgIpc) is 2.92. The van der Waals surface area contributed by atoms with Gasteiger partial charge < -0.3 is 10.2 Å². The molecule has 0 radical (unpaired) electrons. The van der Waals surface area contributed by atoms with Gasteiger partial charge in [0.25, 0.3) is 5.91 Å². The molecule has 4 nitrogen and oxygen atoms in total. The van der Waals surface area contributed by atoms with E-state index in [4.69, 9.17) is 0 Å². The van der Waals surface area contributed by atoms with Crippen LogP contribution in [-0.2, 0) is 6.54 Å². The first-order valence-electron chi connectivity index (χ1n) is 7.39. The fraction of sp³-hybridized carbons (Fsp3) is 0.562. The molecule has 1 aliphatic heterocycles. The Hall–Kier alpha value is -1.39. The summed E-state index contributed by atoms with van der Waals surface area (Å²) in [5.74, 6) is 0.0135. The standard InChI is InChI=1S/C16H25N3O/c1-18(2)12-9-17-16(20)15-7-5-14(6-8-15)13-19-10-3-4-11-19/h5-8H,3-4,9-13H2,1-2H3,(H,17,20). The number of nitrogens with one attached hydrogen (secondary N) is 1. The van der Waals surface area contributed by atoms with Crippen LogP contribution in [-0.4, -0.2) is 56.0 Å². The van der Waals surface area contributed by atoms with Gasteiger partial charge in [-0.3, -0.25) is 9.69 Å². The van der Waals surface area contributed by atoms with E-state index in [1.54, 1.807) is 0 Å². The molecule has 2 rings (SSSR count). The zero-order chi connectivity index (χ0) is 14.4. The number of benzene rings is 1. The molecule has 1 aromatic carbocycles. The maximum Gasteiger partial charge on any atom is 0.251 e. The van der Waals surface area contributed by atoms with Gasteiger partial charge in [-0.1, -0.05) is 12.1 Å². The van der Waals surface area contributed by atoms with E-state index in [0.29, 0.717) is 6.54 Å². The average molecular weight is 275 g/mol. The number of rotatable bonds is 6. The first kappa shape index (κ1) is 15.0. The SMILES string of the molecule is CN(C)CCNC(=O)c1ccc(CN2CCCC2)cc1. The summed E-state index contributed by atoms with van der Waals surface area (Å²) in [6, 6.07) is 7.99. The van der Waals surface area contributed by atoms with Crippen LogP contribution in [0.5, 0.6) is 0 Å². The van der Waals surface area contributed by atoms with Crippen LogP contribution in [0.15, 0.2) is 24.3 Å². The minimum Gasteiger partial charge on any atom is -0.351 e. The van der Waals surface area contributed by atoms with E-state index in [-0.39, 0.29) is 5.91 Å². The summed E-state index contributed by atoms with van der Waals surface area (Å²) in [5.41, 5.74) is 2.03.